The van der Waals surface area contributed by atoms with Crippen LogP contribution in [0.15, 0.2) is 12.2 Å². The molecule has 4 saturated carbocycles. The van der Waals surface area contributed by atoms with Crippen molar-refractivity contribution in [2.75, 3.05) is 0 Å². The molecule has 0 saturated heterocycles. The number of hydrogen-bond donors (Lipinski definition) is 1. The number of allylic oxidation sites excluding steroid dienone is 1. The maximum atomic E-state index is 12.4. The van der Waals surface area contributed by atoms with Crippen LogP contribution in [0.2, 0.25) is 0 Å². The van der Waals surface area contributed by atoms with Crippen molar-refractivity contribution in [3.63, 3.8) is 0 Å². The first kappa shape index (κ1) is 19.2. The summed E-state index contributed by atoms with van der Waals surface area (Å²) < 4.78 is 0. The minimum absolute atomic E-state index is 0.0132. The summed E-state index contributed by atoms with van der Waals surface area (Å²) in [5.74, 6) is 3.60. The van der Waals surface area contributed by atoms with Crippen molar-refractivity contribution in [1.29, 1.82) is 0 Å². The molecule has 0 spiro atoms. The first-order chi connectivity index (χ1) is 11.7. The fourth-order valence-corrected chi connectivity index (χ4v) is 7.08. The van der Waals surface area contributed by atoms with E-state index in [4.69, 9.17) is 0 Å². The highest BCUT2D eigenvalue weighted by molar-refractivity contribution is 7.96. The second-order valence-electron chi connectivity index (χ2n) is 9.48. The Balaban J connectivity index is 0.000000415. The molecule has 25 heavy (non-hydrogen) atoms. The number of thiol groups is 1. The minimum atomic E-state index is -0.139. The maximum absolute atomic E-state index is 12.4. The van der Waals surface area contributed by atoms with Gasteiger partial charge in [0, 0.05) is 18.8 Å². The lowest BCUT2D eigenvalue weighted by Crippen LogP contribution is -2.53. The summed E-state index contributed by atoms with van der Waals surface area (Å²) in [4.78, 5) is 21.7. The van der Waals surface area contributed by atoms with Crippen LogP contribution in [0, 0.1) is 34.5 Å². The number of fused-ring (bicyclic) bond motifs is 5. The van der Waals surface area contributed by atoms with E-state index in [1.807, 2.05) is 0 Å². The van der Waals surface area contributed by atoms with E-state index in [1.165, 1.54) is 51.0 Å². The highest BCUT2D eigenvalue weighted by Crippen LogP contribution is 2.66. The van der Waals surface area contributed by atoms with Gasteiger partial charge in [-0.1, -0.05) is 38.8 Å². The second-order valence-corrected chi connectivity index (χ2v) is 10.1. The monoisotopic (exact) mass is 362 g/mol. The Kier molecular flexibility index (Phi) is 5.27. The Morgan fingerprint density at radius 2 is 1.80 bits per heavy atom. The summed E-state index contributed by atoms with van der Waals surface area (Å²) in [6, 6.07) is 0. The zero-order valence-corrected chi connectivity index (χ0v) is 17.0. The Labute approximate surface area is 158 Å². The minimum Gasteiger partial charge on any atom is -0.299 e. The first-order valence-electron chi connectivity index (χ1n) is 10.1. The summed E-state index contributed by atoms with van der Waals surface area (Å²) in [5, 5.41) is -0.139. The molecule has 0 radical (unpaired) electrons. The molecule has 0 aliphatic heterocycles. The van der Waals surface area contributed by atoms with Gasteiger partial charge in [0.2, 0.25) is 0 Å². The molecule has 4 rings (SSSR count). The number of ketones is 1. The summed E-state index contributed by atoms with van der Waals surface area (Å²) in [6.07, 6.45) is 11.3. The van der Waals surface area contributed by atoms with E-state index in [1.54, 1.807) is 0 Å². The molecule has 0 aromatic rings. The number of carbonyl (C=O) groups excluding carboxylic acids is 2. The fraction of sp³-hybridized carbons (Fsp3) is 0.818. The smallest absolute Gasteiger partial charge is 0.182 e. The standard InChI is InChI=1S/C20H30O.C2H4OS/c1-13-12-14-16-7-8-18(21)20(16,3)11-9-17(14)19(2)10-5-4-6-15(13)19;1-2(3)4/h14-17H,1,4-12H2,2-3H3;1H3,(H,3,4)/t14?,15?,16?,17?,19?,20-;/m0./s1. The molecular formula is C22H34O2S. The van der Waals surface area contributed by atoms with Crippen molar-refractivity contribution in [2.24, 2.45) is 34.5 Å². The van der Waals surface area contributed by atoms with Crippen LogP contribution in [0.1, 0.15) is 78.6 Å². The predicted octanol–water partition coefficient (Wildman–Crippen LogP) is 5.62. The van der Waals surface area contributed by atoms with Gasteiger partial charge < -0.3 is 0 Å². The molecule has 0 bridgehead atoms. The Morgan fingerprint density at radius 1 is 1.12 bits per heavy atom. The number of hydrogen-bond acceptors (Lipinski definition) is 2. The molecule has 3 heteroatoms. The van der Waals surface area contributed by atoms with Crippen molar-refractivity contribution in [3.8, 4) is 0 Å². The van der Waals surface area contributed by atoms with Gasteiger partial charge >= 0.3 is 0 Å². The summed E-state index contributed by atoms with van der Waals surface area (Å²) >= 11 is 3.33. The highest BCUT2D eigenvalue weighted by Gasteiger charge is 2.60. The van der Waals surface area contributed by atoms with Crippen molar-refractivity contribution in [3.05, 3.63) is 12.2 Å². The van der Waals surface area contributed by atoms with Gasteiger partial charge in [0.05, 0.1) is 0 Å². The molecule has 140 valence electrons. The van der Waals surface area contributed by atoms with Crippen LogP contribution in [0.25, 0.3) is 0 Å². The van der Waals surface area contributed by atoms with E-state index >= 15 is 0 Å². The van der Waals surface area contributed by atoms with Crippen LogP contribution in [0.3, 0.4) is 0 Å². The van der Waals surface area contributed by atoms with Crippen molar-refractivity contribution in [1.82, 2.24) is 0 Å². The fourth-order valence-electron chi connectivity index (χ4n) is 7.08. The zero-order valence-electron chi connectivity index (χ0n) is 16.1. The quantitative estimate of drug-likeness (QED) is 0.448. The third kappa shape index (κ3) is 3.15. The number of rotatable bonds is 0. The molecule has 0 amide bonds. The van der Waals surface area contributed by atoms with E-state index in [-0.39, 0.29) is 10.5 Å². The van der Waals surface area contributed by atoms with E-state index < -0.39 is 0 Å². The molecule has 4 fully saturated rings. The summed E-state index contributed by atoms with van der Waals surface area (Å²) in [7, 11) is 0. The van der Waals surface area contributed by atoms with Crippen molar-refractivity contribution in [2.45, 2.75) is 78.6 Å². The Hall–Kier alpha value is -0.570. The van der Waals surface area contributed by atoms with Gasteiger partial charge in [-0.2, -0.15) is 0 Å². The van der Waals surface area contributed by atoms with Crippen molar-refractivity contribution < 1.29 is 9.59 Å². The summed E-state index contributed by atoms with van der Waals surface area (Å²) in [6.45, 7) is 10.7. The zero-order chi connectivity index (χ0) is 18.4. The van der Waals surface area contributed by atoms with E-state index in [2.05, 4.69) is 33.1 Å². The van der Waals surface area contributed by atoms with E-state index in [0.29, 0.717) is 17.1 Å². The Morgan fingerprint density at radius 3 is 2.48 bits per heavy atom. The van der Waals surface area contributed by atoms with Gasteiger partial charge in [0.25, 0.3) is 0 Å². The van der Waals surface area contributed by atoms with Gasteiger partial charge in [-0.3, -0.25) is 9.59 Å². The topological polar surface area (TPSA) is 34.1 Å². The van der Waals surface area contributed by atoms with Crippen molar-refractivity contribution >= 4 is 23.5 Å². The van der Waals surface area contributed by atoms with E-state index in [9.17, 15) is 9.59 Å². The highest BCUT2D eigenvalue weighted by atomic mass is 32.1. The molecular weight excluding hydrogens is 328 g/mol. The molecule has 5 unspecified atom stereocenters. The molecule has 0 aromatic heterocycles. The van der Waals surface area contributed by atoms with Crippen LogP contribution in [0.5, 0.6) is 0 Å². The van der Waals surface area contributed by atoms with Gasteiger partial charge in [-0.15, -0.1) is 12.6 Å². The predicted molar refractivity (Wildman–Crippen MR) is 106 cm³/mol. The van der Waals surface area contributed by atoms with Crippen LogP contribution < -0.4 is 0 Å². The van der Waals surface area contributed by atoms with Crippen LogP contribution in [-0.4, -0.2) is 10.9 Å². The maximum Gasteiger partial charge on any atom is 0.182 e. The average Bonchev–Trinajstić information content (AvgIpc) is 2.83. The molecule has 0 N–H and O–H groups in total. The lowest BCUT2D eigenvalue weighted by atomic mass is 9.44. The van der Waals surface area contributed by atoms with Crippen LogP contribution >= 0.6 is 12.6 Å². The largest absolute Gasteiger partial charge is 0.299 e. The third-order valence-electron chi connectivity index (χ3n) is 8.24. The molecule has 0 aromatic carbocycles. The normalized spacial score (nSPS) is 45.6. The third-order valence-corrected chi connectivity index (χ3v) is 8.24. The lowest BCUT2D eigenvalue weighted by molar-refractivity contribution is -0.135. The first-order valence-corrected chi connectivity index (χ1v) is 10.6. The van der Waals surface area contributed by atoms with Gasteiger partial charge in [0.15, 0.2) is 5.12 Å². The number of Topliss-reactive ketones (excluding diaryl/α,β-unsaturated/α-hetero) is 1. The Bertz CT molecular complexity index is 579. The SMILES string of the molecule is C=C1CC2C(CC[C@]3(C)C(=O)CCC23)C2(C)CCCCC12.CC(=O)S. The molecule has 0 heterocycles. The average molecular weight is 363 g/mol. The van der Waals surface area contributed by atoms with Gasteiger partial charge in [-0.25, -0.2) is 0 Å². The molecule has 4 aliphatic carbocycles. The van der Waals surface area contributed by atoms with Crippen LogP contribution in [-0.2, 0) is 9.59 Å². The molecule has 4 aliphatic rings. The summed E-state index contributed by atoms with van der Waals surface area (Å²) in [5.41, 5.74) is 2.03. The number of carbonyl (C=O) groups is 2. The lowest BCUT2D eigenvalue weighted by Gasteiger charge is -2.60. The molecule has 6 atom stereocenters. The molecule has 2 nitrogen and oxygen atoms in total. The van der Waals surface area contributed by atoms with Gasteiger partial charge in [-0.05, 0) is 67.6 Å². The van der Waals surface area contributed by atoms with Gasteiger partial charge in [0.1, 0.15) is 5.78 Å². The van der Waals surface area contributed by atoms with E-state index in [0.717, 1.165) is 37.0 Å². The second kappa shape index (κ2) is 6.87. The van der Waals surface area contributed by atoms with Crippen LogP contribution in [0.4, 0.5) is 0 Å².